The van der Waals surface area contributed by atoms with Gasteiger partial charge in [0.15, 0.2) is 0 Å². The monoisotopic (exact) mass is 258 g/mol. The van der Waals surface area contributed by atoms with Crippen molar-refractivity contribution in [3.63, 3.8) is 0 Å². The average Bonchev–Trinajstić information content (AvgIpc) is 2.65. The van der Waals surface area contributed by atoms with Gasteiger partial charge in [0.25, 0.3) is 0 Å². The second-order valence-electron chi connectivity index (χ2n) is 3.39. The largest absolute Gasteiger partial charge is 0.273 e. The summed E-state index contributed by atoms with van der Waals surface area (Å²) in [6, 6.07) is 3.66. The van der Waals surface area contributed by atoms with Crippen LogP contribution in [-0.2, 0) is 4.79 Å². The molecule has 1 N–H and O–H groups in total. The van der Waals surface area contributed by atoms with E-state index in [1.54, 1.807) is 12.3 Å². The Kier molecular flexibility index (Phi) is 6.11. The van der Waals surface area contributed by atoms with Crippen LogP contribution in [-0.4, -0.2) is 12.1 Å². The third-order valence-corrected chi connectivity index (χ3v) is 3.15. The van der Waals surface area contributed by atoms with Gasteiger partial charge in [0.05, 0.1) is 10.6 Å². The van der Waals surface area contributed by atoms with Crippen LogP contribution in [0.1, 0.15) is 37.5 Å². The summed E-state index contributed by atoms with van der Waals surface area (Å²) in [5, 5.41) is 3.86. The number of unbranched alkanes of at least 4 members (excludes halogenated alkanes) is 2. The number of hydrogen-bond donors (Lipinski definition) is 1. The van der Waals surface area contributed by atoms with Crippen LogP contribution >= 0.6 is 22.9 Å². The van der Waals surface area contributed by atoms with Crippen molar-refractivity contribution in [2.45, 2.75) is 32.6 Å². The Bertz CT molecular complexity index is 363. The van der Waals surface area contributed by atoms with Gasteiger partial charge in [-0.3, -0.25) is 4.79 Å². The van der Waals surface area contributed by atoms with E-state index < -0.39 is 0 Å². The fourth-order valence-electron chi connectivity index (χ4n) is 1.16. The first-order valence-electron chi connectivity index (χ1n) is 5.29. The van der Waals surface area contributed by atoms with Crippen LogP contribution in [0, 0.1) is 0 Å². The maximum absolute atomic E-state index is 11.3. The summed E-state index contributed by atoms with van der Waals surface area (Å²) >= 11 is 7.18. The molecule has 5 heteroatoms. The predicted octanol–water partition coefficient (Wildman–Crippen LogP) is 3.43. The first-order chi connectivity index (χ1) is 7.72. The molecular weight excluding hydrogens is 244 g/mol. The normalized spacial score (nSPS) is 10.9. The van der Waals surface area contributed by atoms with Crippen molar-refractivity contribution in [3.05, 3.63) is 21.3 Å². The van der Waals surface area contributed by atoms with Gasteiger partial charge in [0.2, 0.25) is 5.91 Å². The number of hydrogen-bond acceptors (Lipinski definition) is 3. The lowest BCUT2D eigenvalue weighted by atomic mass is 10.2. The molecule has 0 radical (unpaired) electrons. The van der Waals surface area contributed by atoms with Gasteiger partial charge in [0.1, 0.15) is 0 Å². The molecule has 0 atom stereocenters. The van der Waals surface area contributed by atoms with Crippen molar-refractivity contribution in [1.29, 1.82) is 0 Å². The summed E-state index contributed by atoms with van der Waals surface area (Å²) < 4.78 is 0.718. The zero-order chi connectivity index (χ0) is 11.8. The first-order valence-corrected chi connectivity index (χ1v) is 6.49. The average molecular weight is 259 g/mol. The van der Waals surface area contributed by atoms with E-state index in [2.05, 4.69) is 17.5 Å². The summed E-state index contributed by atoms with van der Waals surface area (Å²) in [5.74, 6) is -0.0349. The summed E-state index contributed by atoms with van der Waals surface area (Å²) in [6.07, 6.45) is 5.26. The molecule has 0 fully saturated rings. The van der Waals surface area contributed by atoms with Gasteiger partial charge in [-0.05, 0) is 18.6 Å². The molecule has 1 heterocycles. The number of thiophene rings is 1. The second-order valence-corrected chi connectivity index (χ2v) is 5.14. The third-order valence-electron chi connectivity index (χ3n) is 1.98. The molecule has 0 unspecified atom stereocenters. The molecule has 1 aromatic rings. The number of halogens is 1. The van der Waals surface area contributed by atoms with Crippen LogP contribution in [0.5, 0.6) is 0 Å². The molecule has 0 aromatic carbocycles. The van der Waals surface area contributed by atoms with Gasteiger partial charge < -0.3 is 0 Å². The molecule has 1 rings (SSSR count). The Labute approximate surface area is 105 Å². The highest BCUT2D eigenvalue weighted by atomic mass is 35.5. The van der Waals surface area contributed by atoms with Crippen molar-refractivity contribution in [1.82, 2.24) is 5.43 Å². The van der Waals surface area contributed by atoms with Gasteiger partial charge in [-0.25, -0.2) is 5.43 Å². The van der Waals surface area contributed by atoms with Gasteiger partial charge in [-0.2, -0.15) is 5.10 Å². The van der Waals surface area contributed by atoms with Gasteiger partial charge >= 0.3 is 0 Å². The second kappa shape index (κ2) is 7.41. The Morgan fingerprint density at radius 1 is 1.56 bits per heavy atom. The number of carbonyl (C=O) groups is 1. The predicted molar refractivity (Wildman–Crippen MR) is 69.2 cm³/mol. The van der Waals surface area contributed by atoms with E-state index in [1.807, 2.05) is 6.07 Å². The van der Waals surface area contributed by atoms with Crippen LogP contribution < -0.4 is 5.43 Å². The van der Waals surface area contributed by atoms with Crippen molar-refractivity contribution in [2.24, 2.45) is 5.10 Å². The number of nitrogens with one attached hydrogen (secondary N) is 1. The number of rotatable bonds is 6. The Morgan fingerprint density at radius 2 is 2.38 bits per heavy atom. The molecule has 1 amide bonds. The Balaban J connectivity index is 2.23. The minimum absolute atomic E-state index is 0.0349. The summed E-state index contributed by atoms with van der Waals surface area (Å²) in [5.41, 5.74) is 2.49. The molecule has 0 spiro atoms. The molecule has 0 aliphatic carbocycles. The lowest BCUT2D eigenvalue weighted by molar-refractivity contribution is -0.121. The molecule has 1 aromatic heterocycles. The molecule has 0 aliphatic heterocycles. The standard InChI is InChI=1S/C11H15ClN2OS/c1-2-3-4-5-11(15)14-13-8-9-6-7-10(12)16-9/h6-8H,2-5H2,1H3,(H,14,15). The minimum Gasteiger partial charge on any atom is -0.273 e. The van der Waals surface area contributed by atoms with Crippen molar-refractivity contribution in [3.8, 4) is 0 Å². The molecule has 0 saturated carbocycles. The summed E-state index contributed by atoms with van der Waals surface area (Å²) in [7, 11) is 0. The molecule has 3 nitrogen and oxygen atoms in total. The highest BCUT2D eigenvalue weighted by Crippen LogP contribution is 2.19. The fourth-order valence-corrected chi connectivity index (χ4v) is 2.09. The van der Waals surface area contributed by atoms with Gasteiger partial charge in [-0.1, -0.05) is 31.4 Å². The topological polar surface area (TPSA) is 41.5 Å². The van der Waals surface area contributed by atoms with Crippen LogP contribution in [0.4, 0.5) is 0 Å². The SMILES string of the molecule is CCCCCC(=O)NN=Cc1ccc(Cl)s1. The maximum Gasteiger partial charge on any atom is 0.240 e. The smallest absolute Gasteiger partial charge is 0.240 e. The van der Waals surface area contributed by atoms with Crippen molar-refractivity contribution >= 4 is 35.1 Å². The van der Waals surface area contributed by atoms with Gasteiger partial charge in [0, 0.05) is 11.3 Å². The van der Waals surface area contributed by atoms with E-state index in [9.17, 15) is 4.79 Å². The van der Waals surface area contributed by atoms with Crippen LogP contribution in [0.2, 0.25) is 4.34 Å². The van der Waals surface area contributed by atoms with Crippen LogP contribution in [0.3, 0.4) is 0 Å². The molecular formula is C11H15ClN2OS. The molecule has 0 aliphatic rings. The van der Waals surface area contributed by atoms with Crippen molar-refractivity contribution in [2.75, 3.05) is 0 Å². The Hall–Kier alpha value is -0.870. The van der Waals surface area contributed by atoms with Crippen LogP contribution in [0.25, 0.3) is 0 Å². The van der Waals surface area contributed by atoms with E-state index in [-0.39, 0.29) is 5.91 Å². The Morgan fingerprint density at radius 3 is 3.00 bits per heavy atom. The fraction of sp³-hybridized carbons (Fsp3) is 0.455. The lowest BCUT2D eigenvalue weighted by Gasteiger charge is -1.97. The molecule has 0 bridgehead atoms. The number of amides is 1. The zero-order valence-corrected chi connectivity index (χ0v) is 10.8. The number of hydrazone groups is 1. The zero-order valence-electron chi connectivity index (χ0n) is 9.20. The maximum atomic E-state index is 11.3. The van der Waals surface area contributed by atoms with E-state index in [0.717, 1.165) is 28.5 Å². The third kappa shape index (κ3) is 5.28. The van der Waals surface area contributed by atoms with Crippen LogP contribution in [0.15, 0.2) is 17.2 Å². The van der Waals surface area contributed by atoms with E-state index in [0.29, 0.717) is 6.42 Å². The highest BCUT2D eigenvalue weighted by molar-refractivity contribution is 7.17. The van der Waals surface area contributed by atoms with E-state index in [4.69, 9.17) is 11.6 Å². The summed E-state index contributed by atoms with van der Waals surface area (Å²) in [6.45, 7) is 2.11. The van der Waals surface area contributed by atoms with Crippen molar-refractivity contribution < 1.29 is 4.79 Å². The quantitative estimate of drug-likeness (QED) is 0.474. The number of carbonyl (C=O) groups excluding carboxylic acids is 1. The molecule has 0 saturated heterocycles. The first kappa shape index (κ1) is 13.2. The summed E-state index contributed by atoms with van der Waals surface area (Å²) in [4.78, 5) is 12.2. The highest BCUT2D eigenvalue weighted by Gasteiger charge is 1.98. The minimum atomic E-state index is -0.0349. The van der Waals surface area contributed by atoms with Gasteiger partial charge in [-0.15, -0.1) is 11.3 Å². The van der Waals surface area contributed by atoms with E-state index in [1.165, 1.54) is 11.3 Å². The molecule has 16 heavy (non-hydrogen) atoms. The lowest BCUT2D eigenvalue weighted by Crippen LogP contribution is -2.16. The number of nitrogens with zero attached hydrogens (tertiary/aromatic N) is 1. The molecule has 88 valence electrons. The van der Waals surface area contributed by atoms with E-state index >= 15 is 0 Å².